The Morgan fingerprint density at radius 2 is 1.76 bits per heavy atom. The summed E-state index contributed by atoms with van der Waals surface area (Å²) in [5.41, 5.74) is 1.17. The third-order valence-electron chi connectivity index (χ3n) is 3.67. The van der Waals surface area contributed by atoms with Gasteiger partial charge in [0.05, 0.1) is 0 Å². The number of hydrogen-bond donors (Lipinski definition) is 1. The standard InChI is InChI=1S/C18H15F3N2O2/c19-18(20,21)25-16-8-4-2-6-14(16)11-22-17(24)12-23-10-9-13-5-1-3-7-15(13)23/h1-10H,11-12H2,(H,22,24). The van der Waals surface area contributed by atoms with Crippen molar-refractivity contribution in [3.05, 3.63) is 66.4 Å². The average molecular weight is 348 g/mol. The molecule has 0 fully saturated rings. The Kier molecular flexibility index (Phi) is 4.65. The molecule has 0 aliphatic carbocycles. The number of ether oxygens (including phenoxy) is 1. The molecule has 0 aliphatic heterocycles. The monoisotopic (exact) mass is 348 g/mol. The minimum Gasteiger partial charge on any atom is -0.405 e. The first kappa shape index (κ1) is 16.9. The second-order valence-electron chi connectivity index (χ2n) is 5.43. The van der Waals surface area contributed by atoms with Gasteiger partial charge in [-0.1, -0.05) is 36.4 Å². The van der Waals surface area contributed by atoms with Crippen molar-refractivity contribution in [1.82, 2.24) is 9.88 Å². The summed E-state index contributed by atoms with van der Waals surface area (Å²) in [7, 11) is 0. The molecule has 3 rings (SSSR count). The molecule has 0 radical (unpaired) electrons. The summed E-state index contributed by atoms with van der Waals surface area (Å²) in [6.07, 6.45) is -2.98. The third kappa shape index (κ3) is 4.32. The average Bonchev–Trinajstić information content (AvgIpc) is 2.96. The highest BCUT2D eigenvalue weighted by molar-refractivity contribution is 5.83. The highest BCUT2D eigenvalue weighted by Crippen LogP contribution is 2.26. The number of rotatable bonds is 5. The highest BCUT2D eigenvalue weighted by Gasteiger charge is 2.31. The van der Waals surface area contributed by atoms with E-state index in [-0.39, 0.29) is 30.3 Å². The maximum atomic E-state index is 12.4. The first-order chi connectivity index (χ1) is 11.9. The van der Waals surface area contributed by atoms with Gasteiger partial charge in [-0.15, -0.1) is 13.2 Å². The van der Waals surface area contributed by atoms with E-state index in [1.165, 1.54) is 18.2 Å². The van der Waals surface area contributed by atoms with E-state index >= 15 is 0 Å². The van der Waals surface area contributed by atoms with Crippen LogP contribution in [0.25, 0.3) is 10.9 Å². The molecule has 0 saturated carbocycles. The molecule has 0 unspecified atom stereocenters. The maximum absolute atomic E-state index is 12.4. The fourth-order valence-corrected chi connectivity index (χ4v) is 2.56. The molecule has 25 heavy (non-hydrogen) atoms. The van der Waals surface area contributed by atoms with Crippen LogP contribution in [-0.2, 0) is 17.9 Å². The molecule has 1 aromatic heterocycles. The van der Waals surface area contributed by atoms with Gasteiger partial charge in [0.1, 0.15) is 12.3 Å². The van der Waals surface area contributed by atoms with E-state index in [1.54, 1.807) is 16.8 Å². The zero-order valence-electron chi connectivity index (χ0n) is 13.1. The number of benzene rings is 2. The fourth-order valence-electron chi connectivity index (χ4n) is 2.56. The molecule has 1 amide bonds. The number of carbonyl (C=O) groups excluding carboxylic acids is 1. The van der Waals surface area contributed by atoms with Gasteiger partial charge in [0, 0.05) is 23.8 Å². The number of para-hydroxylation sites is 2. The molecule has 7 heteroatoms. The van der Waals surface area contributed by atoms with Crippen LogP contribution in [0, 0.1) is 0 Å². The third-order valence-corrected chi connectivity index (χ3v) is 3.67. The van der Waals surface area contributed by atoms with Crippen LogP contribution in [0.3, 0.4) is 0 Å². The van der Waals surface area contributed by atoms with E-state index in [2.05, 4.69) is 10.1 Å². The Bertz CT molecular complexity index is 887. The lowest BCUT2D eigenvalue weighted by Gasteiger charge is -2.14. The van der Waals surface area contributed by atoms with Gasteiger partial charge < -0.3 is 14.6 Å². The molecule has 0 spiro atoms. The number of nitrogens with one attached hydrogen (secondary N) is 1. The Hall–Kier alpha value is -2.96. The van der Waals surface area contributed by atoms with Crippen molar-refractivity contribution in [3.8, 4) is 5.75 Å². The number of hydrogen-bond acceptors (Lipinski definition) is 2. The van der Waals surface area contributed by atoms with E-state index in [0.717, 1.165) is 10.9 Å². The lowest BCUT2D eigenvalue weighted by atomic mass is 10.2. The number of alkyl halides is 3. The summed E-state index contributed by atoms with van der Waals surface area (Å²) >= 11 is 0. The van der Waals surface area contributed by atoms with Gasteiger partial charge in [0.15, 0.2) is 0 Å². The van der Waals surface area contributed by atoms with Gasteiger partial charge in [-0.25, -0.2) is 0 Å². The van der Waals surface area contributed by atoms with Crippen LogP contribution < -0.4 is 10.1 Å². The summed E-state index contributed by atoms with van der Waals surface area (Å²) in [5, 5.41) is 3.63. The van der Waals surface area contributed by atoms with Gasteiger partial charge in [0.25, 0.3) is 0 Å². The molecule has 4 nitrogen and oxygen atoms in total. The van der Waals surface area contributed by atoms with Crippen LogP contribution in [-0.4, -0.2) is 16.8 Å². The van der Waals surface area contributed by atoms with Crippen LogP contribution >= 0.6 is 0 Å². The van der Waals surface area contributed by atoms with Crippen molar-refractivity contribution in [2.24, 2.45) is 0 Å². The van der Waals surface area contributed by atoms with Gasteiger partial charge in [-0.05, 0) is 23.6 Å². The quantitative estimate of drug-likeness (QED) is 0.761. The molecule has 0 atom stereocenters. The number of amides is 1. The second kappa shape index (κ2) is 6.88. The second-order valence-corrected chi connectivity index (χ2v) is 5.43. The topological polar surface area (TPSA) is 43.3 Å². The molecule has 0 bridgehead atoms. The summed E-state index contributed by atoms with van der Waals surface area (Å²) in [5.74, 6) is -0.620. The van der Waals surface area contributed by atoms with Crippen molar-refractivity contribution in [3.63, 3.8) is 0 Å². The van der Waals surface area contributed by atoms with Crippen molar-refractivity contribution in [2.75, 3.05) is 0 Å². The first-order valence-electron chi connectivity index (χ1n) is 7.56. The zero-order valence-corrected chi connectivity index (χ0v) is 13.1. The largest absolute Gasteiger partial charge is 0.573 e. The molecular formula is C18H15F3N2O2. The van der Waals surface area contributed by atoms with Gasteiger partial charge >= 0.3 is 6.36 Å². The van der Waals surface area contributed by atoms with E-state index < -0.39 is 6.36 Å². The van der Waals surface area contributed by atoms with Gasteiger partial charge in [-0.3, -0.25) is 4.79 Å². The van der Waals surface area contributed by atoms with E-state index in [1.807, 2.05) is 30.3 Å². The molecule has 3 aromatic rings. The van der Waals surface area contributed by atoms with E-state index in [4.69, 9.17) is 0 Å². The molecule has 130 valence electrons. The van der Waals surface area contributed by atoms with Crippen molar-refractivity contribution in [2.45, 2.75) is 19.5 Å². The van der Waals surface area contributed by atoms with Crippen LogP contribution in [0.5, 0.6) is 5.75 Å². The first-order valence-corrected chi connectivity index (χ1v) is 7.56. The van der Waals surface area contributed by atoms with Crippen molar-refractivity contribution >= 4 is 16.8 Å². The molecular weight excluding hydrogens is 333 g/mol. The van der Waals surface area contributed by atoms with Crippen LogP contribution in [0.15, 0.2) is 60.8 Å². The summed E-state index contributed by atoms with van der Waals surface area (Å²) < 4.78 is 43.0. The number of aromatic nitrogens is 1. The summed E-state index contributed by atoms with van der Waals surface area (Å²) in [6.45, 7) is 0.0279. The normalized spacial score (nSPS) is 11.5. The minimum absolute atomic E-state index is 0.0513. The number of carbonyl (C=O) groups is 1. The Balaban J connectivity index is 1.65. The lowest BCUT2D eigenvalue weighted by Crippen LogP contribution is -2.27. The molecule has 1 heterocycles. The van der Waals surface area contributed by atoms with Crippen LogP contribution in [0.1, 0.15) is 5.56 Å². The Morgan fingerprint density at radius 1 is 1.04 bits per heavy atom. The molecule has 1 N–H and O–H groups in total. The lowest BCUT2D eigenvalue weighted by molar-refractivity contribution is -0.274. The number of halogens is 3. The SMILES string of the molecule is O=C(Cn1ccc2ccccc21)NCc1ccccc1OC(F)(F)F. The number of fused-ring (bicyclic) bond motifs is 1. The van der Waals surface area contributed by atoms with Gasteiger partial charge in [-0.2, -0.15) is 0 Å². The van der Waals surface area contributed by atoms with Crippen molar-refractivity contribution in [1.29, 1.82) is 0 Å². The zero-order chi connectivity index (χ0) is 17.9. The van der Waals surface area contributed by atoms with Crippen LogP contribution in [0.2, 0.25) is 0 Å². The summed E-state index contributed by atoms with van der Waals surface area (Å²) in [4.78, 5) is 12.1. The Labute approximate surface area is 141 Å². The fraction of sp³-hybridized carbons (Fsp3) is 0.167. The predicted molar refractivity (Wildman–Crippen MR) is 86.9 cm³/mol. The predicted octanol–water partition coefficient (Wildman–Crippen LogP) is 3.86. The van der Waals surface area contributed by atoms with Crippen molar-refractivity contribution < 1.29 is 22.7 Å². The van der Waals surface area contributed by atoms with E-state index in [0.29, 0.717) is 0 Å². The maximum Gasteiger partial charge on any atom is 0.573 e. The molecule has 2 aromatic carbocycles. The smallest absolute Gasteiger partial charge is 0.405 e. The van der Waals surface area contributed by atoms with Crippen LogP contribution in [0.4, 0.5) is 13.2 Å². The number of nitrogens with zero attached hydrogens (tertiary/aromatic N) is 1. The molecule has 0 saturated heterocycles. The van der Waals surface area contributed by atoms with Gasteiger partial charge in [0.2, 0.25) is 5.91 Å². The molecule has 0 aliphatic rings. The highest BCUT2D eigenvalue weighted by atomic mass is 19.4. The van der Waals surface area contributed by atoms with E-state index in [9.17, 15) is 18.0 Å². The Morgan fingerprint density at radius 3 is 2.56 bits per heavy atom. The minimum atomic E-state index is -4.77. The summed E-state index contributed by atoms with van der Waals surface area (Å²) in [6, 6.07) is 15.2.